The van der Waals surface area contributed by atoms with Gasteiger partial charge in [-0.3, -0.25) is 4.79 Å². The van der Waals surface area contributed by atoms with Gasteiger partial charge in [-0.25, -0.2) is 4.98 Å². The third kappa shape index (κ3) is 5.15. The topological polar surface area (TPSA) is 59.4 Å². The molecule has 1 N–H and O–H groups in total. The van der Waals surface area contributed by atoms with Crippen LogP contribution in [0.1, 0.15) is 38.3 Å². The van der Waals surface area contributed by atoms with Crippen molar-refractivity contribution in [1.29, 1.82) is 0 Å². The summed E-state index contributed by atoms with van der Waals surface area (Å²) in [7, 11) is 0. The summed E-state index contributed by atoms with van der Waals surface area (Å²) in [5, 5.41) is 11.4. The molecule has 1 aromatic heterocycles. The molecule has 5 heteroatoms. The zero-order valence-electron chi connectivity index (χ0n) is 12.7. The predicted molar refractivity (Wildman–Crippen MR) is 88.5 cm³/mol. The number of carboxylic acid groups (broad SMARTS) is 1. The summed E-state index contributed by atoms with van der Waals surface area (Å²) in [5.41, 5.74) is 1.56. The van der Waals surface area contributed by atoms with Crippen LogP contribution in [0.15, 0.2) is 29.6 Å². The van der Waals surface area contributed by atoms with E-state index in [-0.39, 0.29) is 6.42 Å². The van der Waals surface area contributed by atoms with Gasteiger partial charge in [-0.05, 0) is 18.6 Å². The Morgan fingerprint density at radius 1 is 1.32 bits per heavy atom. The highest BCUT2D eigenvalue weighted by molar-refractivity contribution is 7.13. The fraction of sp³-hybridized carbons (Fsp3) is 0.412. The van der Waals surface area contributed by atoms with Crippen LogP contribution in [0.2, 0.25) is 0 Å². The molecule has 1 heterocycles. The Bertz CT molecular complexity index is 609. The molecule has 0 unspecified atom stereocenters. The molecule has 0 bridgehead atoms. The fourth-order valence-electron chi connectivity index (χ4n) is 2.11. The first kappa shape index (κ1) is 16.5. The summed E-state index contributed by atoms with van der Waals surface area (Å²) in [5.74, 6) is -0.0232. The highest BCUT2D eigenvalue weighted by atomic mass is 32.1. The normalized spacial score (nSPS) is 10.6. The van der Waals surface area contributed by atoms with Gasteiger partial charge in [0.2, 0.25) is 0 Å². The highest BCUT2D eigenvalue weighted by Crippen LogP contribution is 2.27. The standard InChI is InChI=1S/C17H21NO3S/c1-2-3-4-5-9-21-15-8-6-7-13(10-15)17-18-14(12-22-17)11-16(19)20/h6-8,10,12H,2-5,9,11H2,1H3,(H,19,20). The lowest BCUT2D eigenvalue weighted by Gasteiger charge is -2.07. The first-order chi connectivity index (χ1) is 10.7. The summed E-state index contributed by atoms with van der Waals surface area (Å²) >= 11 is 1.46. The minimum absolute atomic E-state index is 0.0376. The summed E-state index contributed by atoms with van der Waals surface area (Å²) in [6, 6.07) is 7.81. The number of rotatable bonds is 9. The molecule has 0 amide bonds. The summed E-state index contributed by atoms with van der Waals surface area (Å²) < 4.78 is 5.77. The van der Waals surface area contributed by atoms with E-state index in [9.17, 15) is 4.79 Å². The van der Waals surface area contributed by atoms with Gasteiger partial charge in [0.25, 0.3) is 0 Å². The Balaban J connectivity index is 1.95. The number of hydrogen-bond acceptors (Lipinski definition) is 4. The molecule has 0 spiro atoms. The van der Waals surface area contributed by atoms with Crippen LogP contribution in [-0.2, 0) is 11.2 Å². The van der Waals surface area contributed by atoms with E-state index in [1.807, 2.05) is 24.3 Å². The van der Waals surface area contributed by atoms with Gasteiger partial charge in [-0.1, -0.05) is 38.3 Å². The minimum Gasteiger partial charge on any atom is -0.494 e. The van der Waals surface area contributed by atoms with E-state index >= 15 is 0 Å². The number of aromatic nitrogens is 1. The first-order valence-electron chi connectivity index (χ1n) is 7.58. The zero-order valence-corrected chi connectivity index (χ0v) is 13.6. The van der Waals surface area contributed by atoms with Crippen molar-refractivity contribution in [3.8, 4) is 16.3 Å². The number of nitrogens with zero attached hydrogens (tertiary/aromatic N) is 1. The predicted octanol–water partition coefficient (Wildman–Crippen LogP) is 4.40. The molecule has 0 saturated carbocycles. The Morgan fingerprint density at radius 3 is 2.95 bits per heavy atom. The second-order valence-electron chi connectivity index (χ2n) is 5.15. The van der Waals surface area contributed by atoms with Crippen molar-refractivity contribution in [3.05, 3.63) is 35.3 Å². The third-order valence-corrected chi connectivity index (χ3v) is 4.17. The molecule has 0 aliphatic rings. The Hall–Kier alpha value is -1.88. The van der Waals surface area contributed by atoms with Gasteiger partial charge in [0.1, 0.15) is 10.8 Å². The first-order valence-corrected chi connectivity index (χ1v) is 8.46. The van der Waals surface area contributed by atoms with E-state index < -0.39 is 5.97 Å². The number of thiazole rings is 1. The molecule has 0 radical (unpaired) electrons. The van der Waals surface area contributed by atoms with E-state index in [0.29, 0.717) is 5.69 Å². The van der Waals surface area contributed by atoms with Crippen LogP contribution in [0.3, 0.4) is 0 Å². The lowest BCUT2D eigenvalue weighted by molar-refractivity contribution is -0.136. The van der Waals surface area contributed by atoms with Crippen LogP contribution in [0, 0.1) is 0 Å². The van der Waals surface area contributed by atoms with Crippen molar-refractivity contribution >= 4 is 17.3 Å². The van der Waals surface area contributed by atoms with E-state index in [1.165, 1.54) is 30.6 Å². The molecule has 2 aromatic rings. The van der Waals surface area contributed by atoms with E-state index in [1.54, 1.807) is 5.38 Å². The van der Waals surface area contributed by atoms with Crippen LogP contribution >= 0.6 is 11.3 Å². The Labute approximate surface area is 134 Å². The molecule has 118 valence electrons. The summed E-state index contributed by atoms with van der Waals surface area (Å²) in [6.45, 7) is 2.92. The fourth-order valence-corrected chi connectivity index (χ4v) is 2.93. The van der Waals surface area contributed by atoms with Gasteiger partial charge in [0, 0.05) is 10.9 Å². The Morgan fingerprint density at radius 2 is 2.18 bits per heavy atom. The third-order valence-electron chi connectivity index (χ3n) is 3.23. The molecule has 4 nitrogen and oxygen atoms in total. The largest absolute Gasteiger partial charge is 0.494 e. The maximum Gasteiger partial charge on any atom is 0.309 e. The monoisotopic (exact) mass is 319 g/mol. The maximum atomic E-state index is 10.7. The van der Waals surface area contributed by atoms with Crippen molar-refractivity contribution in [2.24, 2.45) is 0 Å². The molecule has 1 aromatic carbocycles. The minimum atomic E-state index is -0.860. The molecule has 0 saturated heterocycles. The van der Waals surface area contributed by atoms with Crippen molar-refractivity contribution < 1.29 is 14.6 Å². The van der Waals surface area contributed by atoms with Crippen molar-refractivity contribution in [3.63, 3.8) is 0 Å². The van der Waals surface area contributed by atoms with Gasteiger partial charge >= 0.3 is 5.97 Å². The summed E-state index contributed by atoms with van der Waals surface area (Å²) in [4.78, 5) is 15.1. The van der Waals surface area contributed by atoms with Gasteiger partial charge in [-0.2, -0.15) is 0 Å². The number of benzene rings is 1. The quantitative estimate of drug-likeness (QED) is 0.696. The van der Waals surface area contributed by atoms with Crippen LogP contribution in [0.25, 0.3) is 10.6 Å². The van der Waals surface area contributed by atoms with Crippen LogP contribution in [0.4, 0.5) is 0 Å². The molecule has 0 fully saturated rings. The summed E-state index contributed by atoms with van der Waals surface area (Å²) in [6.07, 6.45) is 4.69. The zero-order chi connectivity index (χ0) is 15.8. The van der Waals surface area contributed by atoms with Gasteiger partial charge in [-0.15, -0.1) is 11.3 Å². The van der Waals surface area contributed by atoms with Crippen LogP contribution < -0.4 is 4.74 Å². The average Bonchev–Trinajstić information content (AvgIpc) is 2.95. The molecular weight excluding hydrogens is 298 g/mol. The van der Waals surface area contributed by atoms with E-state index in [0.717, 1.165) is 29.3 Å². The lowest BCUT2D eigenvalue weighted by atomic mass is 10.2. The smallest absolute Gasteiger partial charge is 0.309 e. The second kappa shape index (κ2) is 8.54. The van der Waals surface area contributed by atoms with Crippen molar-refractivity contribution in [2.75, 3.05) is 6.61 Å². The van der Waals surface area contributed by atoms with E-state index in [4.69, 9.17) is 9.84 Å². The van der Waals surface area contributed by atoms with Crippen molar-refractivity contribution in [2.45, 2.75) is 39.0 Å². The number of carboxylic acids is 1. The number of carbonyl (C=O) groups is 1. The lowest BCUT2D eigenvalue weighted by Crippen LogP contribution is -2.00. The Kier molecular flexibility index (Phi) is 6.40. The highest BCUT2D eigenvalue weighted by Gasteiger charge is 2.08. The molecule has 0 aliphatic heterocycles. The molecule has 22 heavy (non-hydrogen) atoms. The SMILES string of the molecule is CCCCCCOc1cccc(-c2nc(CC(=O)O)cs2)c1. The molecular formula is C17H21NO3S. The second-order valence-corrected chi connectivity index (χ2v) is 6.01. The molecule has 2 rings (SSSR count). The maximum absolute atomic E-state index is 10.7. The number of ether oxygens (including phenoxy) is 1. The van der Waals surface area contributed by atoms with Gasteiger partial charge in [0.15, 0.2) is 0 Å². The molecule has 0 aliphatic carbocycles. The molecule has 0 atom stereocenters. The van der Waals surface area contributed by atoms with Crippen LogP contribution in [0.5, 0.6) is 5.75 Å². The van der Waals surface area contributed by atoms with Gasteiger partial charge in [0.05, 0.1) is 18.7 Å². The average molecular weight is 319 g/mol. The van der Waals surface area contributed by atoms with Crippen molar-refractivity contribution in [1.82, 2.24) is 4.98 Å². The van der Waals surface area contributed by atoms with Gasteiger partial charge < -0.3 is 9.84 Å². The number of aliphatic carboxylic acids is 1. The van der Waals surface area contributed by atoms with Crippen LogP contribution in [-0.4, -0.2) is 22.7 Å². The number of hydrogen-bond donors (Lipinski definition) is 1. The number of unbranched alkanes of at least 4 members (excludes halogenated alkanes) is 3. The van der Waals surface area contributed by atoms with E-state index in [2.05, 4.69) is 11.9 Å².